The van der Waals surface area contributed by atoms with Crippen LogP contribution in [0, 0.1) is 0 Å². The Labute approximate surface area is 147 Å². The molecule has 0 fully saturated rings. The van der Waals surface area contributed by atoms with Gasteiger partial charge in [-0.15, -0.1) is 0 Å². The van der Waals surface area contributed by atoms with Crippen LogP contribution in [0.15, 0.2) is 30.3 Å². The van der Waals surface area contributed by atoms with Crippen LogP contribution in [0.25, 0.3) is 10.8 Å². The first-order valence-corrected chi connectivity index (χ1v) is 9.62. The highest BCUT2D eigenvalue weighted by Gasteiger charge is 2.13. The van der Waals surface area contributed by atoms with Gasteiger partial charge in [0.05, 0.1) is 13.2 Å². The molecule has 0 N–H and O–H groups in total. The Bertz CT molecular complexity index is 619. The van der Waals surface area contributed by atoms with E-state index >= 15 is 0 Å². The van der Waals surface area contributed by atoms with Crippen molar-refractivity contribution in [2.45, 2.75) is 65.7 Å². The fourth-order valence-electron chi connectivity index (χ4n) is 2.98. The third kappa shape index (κ3) is 4.90. The average Bonchev–Trinajstić information content (AvgIpc) is 2.63. The predicted octanol–water partition coefficient (Wildman–Crippen LogP) is 6.54. The van der Waals surface area contributed by atoms with Gasteiger partial charge < -0.3 is 9.47 Å². The van der Waals surface area contributed by atoms with Crippen molar-refractivity contribution in [2.75, 3.05) is 13.2 Å². The van der Waals surface area contributed by atoms with Crippen LogP contribution < -0.4 is 9.47 Å². The average molecular weight is 328 g/mol. The van der Waals surface area contributed by atoms with E-state index in [0.29, 0.717) is 0 Å². The van der Waals surface area contributed by atoms with E-state index in [0.717, 1.165) is 49.4 Å². The number of aryl methyl sites for hydroxylation is 1. The molecule has 0 spiro atoms. The number of hydrogen-bond donors (Lipinski definition) is 0. The fraction of sp³-hybridized carbons (Fsp3) is 0.545. The lowest BCUT2D eigenvalue weighted by atomic mass is 10.0. The third-order valence-electron chi connectivity index (χ3n) is 4.41. The molecule has 2 nitrogen and oxygen atoms in total. The van der Waals surface area contributed by atoms with E-state index in [1.54, 1.807) is 0 Å². The molecule has 0 aliphatic rings. The van der Waals surface area contributed by atoms with E-state index in [1.807, 2.05) is 0 Å². The van der Waals surface area contributed by atoms with Crippen LogP contribution >= 0.6 is 0 Å². The fourth-order valence-corrected chi connectivity index (χ4v) is 2.98. The van der Waals surface area contributed by atoms with Crippen molar-refractivity contribution in [2.24, 2.45) is 0 Å². The summed E-state index contributed by atoms with van der Waals surface area (Å²) in [6.45, 7) is 8.20. The molecule has 0 amide bonds. The first-order valence-electron chi connectivity index (χ1n) is 9.62. The summed E-state index contributed by atoms with van der Waals surface area (Å²) < 4.78 is 12.3. The smallest absolute Gasteiger partial charge is 0.130 e. The van der Waals surface area contributed by atoms with Crippen molar-refractivity contribution in [3.05, 3.63) is 35.9 Å². The molecule has 0 aromatic heterocycles. The zero-order valence-corrected chi connectivity index (χ0v) is 15.6. The monoisotopic (exact) mass is 328 g/mol. The second-order valence-corrected chi connectivity index (χ2v) is 6.37. The molecule has 0 saturated heterocycles. The minimum atomic E-state index is 0.789. The Balaban J connectivity index is 2.26. The molecule has 0 heterocycles. The van der Waals surface area contributed by atoms with E-state index in [9.17, 15) is 0 Å². The molecule has 0 aliphatic carbocycles. The number of hydrogen-bond acceptors (Lipinski definition) is 2. The minimum absolute atomic E-state index is 0.789. The van der Waals surface area contributed by atoms with Crippen LogP contribution in [0.4, 0.5) is 0 Å². The van der Waals surface area contributed by atoms with Gasteiger partial charge in [0.25, 0.3) is 0 Å². The molecule has 0 radical (unpaired) electrons. The van der Waals surface area contributed by atoms with Crippen molar-refractivity contribution in [1.82, 2.24) is 0 Å². The summed E-state index contributed by atoms with van der Waals surface area (Å²) in [7, 11) is 0. The Morgan fingerprint density at radius 1 is 0.750 bits per heavy atom. The maximum Gasteiger partial charge on any atom is 0.130 e. The highest BCUT2D eigenvalue weighted by molar-refractivity contribution is 5.94. The second-order valence-electron chi connectivity index (χ2n) is 6.37. The van der Waals surface area contributed by atoms with Gasteiger partial charge in [0.2, 0.25) is 0 Å². The summed E-state index contributed by atoms with van der Waals surface area (Å²) in [5.41, 5.74) is 1.25. The lowest BCUT2D eigenvalue weighted by Crippen LogP contribution is -2.03. The van der Waals surface area contributed by atoms with E-state index in [4.69, 9.17) is 9.47 Å². The maximum atomic E-state index is 6.19. The zero-order chi connectivity index (χ0) is 17.2. The number of ether oxygens (including phenoxy) is 2. The Hall–Kier alpha value is -1.70. The molecule has 0 bridgehead atoms. The van der Waals surface area contributed by atoms with Crippen LogP contribution in [-0.4, -0.2) is 13.2 Å². The summed E-state index contributed by atoms with van der Waals surface area (Å²) in [4.78, 5) is 0. The third-order valence-corrected chi connectivity index (χ3v) is 4.41. The number of unbranched alkanes of at least 4 members (excludes halogenated alkanes) is 4. The molecule has 2 rings (SSSR count). The first kappa shape index (κ1) is 18.6. The minimum Gasteiger partial charge on any atom is -0.493 e. The normalized spacial score (nSPS) is 11.0. The van der Waals surface area contributed by atoms with Crippen molar-refractivity contribution in [3.63, 3.8) is 0 Å². The van der Waals surface area contributed by atoms with Gasteiger partial charge in [-0.1, -0.05) is 70.7 Å². The Kier molecular flexibility index (Phi) is 7.94. The van der Waals surface area contributed by atoms with Crippen molar-refractivity contribution >= 4 is 10.8 Å². The van der Waals surface area contributed by atoms with Crippen molar-refractivity contribution in [3.8, 4) is 11.5 Å². The van der Waals surface area contributed by atoms with Gasteiger partial charge in [-0.2, -0.15) is 0 Å². The van der Waals surface area contributed by atoms with Crippen LogP contribution in [0.3, 0.4) is 0 Å². The maximum absolute atomic E-state index is 6.19. The lowest BCUT2D eigenvalue weighted by Gasteiger charge is -2.17. The van der Waals surface area contributed by atoms with Gasteiger partial charge in [-0.05, 0) is 30.9 Å². The van der Waals surface area contributed by atoms with E-state index in [2.05, 4.69) is 51.1 Å². The van der Waals surface area contributed by atoms with E-state index in [-0.39, 0.29) is 0 Å². The highest BCUT2D eigenvalue weighted by atomic mass is 16.5. The molecule has 2 aromatic carbocycles. The molecule has 2 aromatic rings. The number of fused-ring (bicyclic) bond motifs is 1. The van der Waals surface area contributed by atoms with Crippen LogP contribution in [0.2, 0.25) is 0 Å². The molecule has 0 aliphatic heterocycles. The summed E-state index contributed by atoms with van der Waals surface area (Å²) >= 11 is 0. The van der Waals surface area contributed by atoms with Gasteiger partial charge >= 0.3 is 0 Å². The van der Waals surface area contributed by atoms with Crippen LogP contribution in [-0.2, 0) is 6.42 Å². The highest BCUT2D eigenvalue weighted by Crippen LogP contribution is 2.37. The molecule has 0 atom stereocenters. The molecular weight excluding hydrogens is 296 g/mol. The SMILES string of the molecule is CCCCCOc1cc(CC)c(OCCCCC)c2ccccc12. The number of benzene rings is 2. The van der Waals surface area contributed by atoms with Gasteiger partial charge in [0, 0.05) is 10.8 Å². The zero-order valence-electron chi connectivity index (χ0n) is 15.6. The number of rotatable bonds is 11. The van der Waals surface area contributed by atoms with Crippen molar-refractivity contribution < 1.29 is 9.47 Å². The van der Waals surface area contributed by atoms with Crippen LogP contribution in [0.5, 0.6) is 11.5 Å². The lowest BCUT2D eigenvalue weighted by molar-refractivity contribution is 0.301. The molecular formula is C22H32O2. The molecule has 2 heteroatoms. The quantitative estimate of drug-likeness (QED) is 0.436. The largest absolute Gasteiger partial charge is 0.493 e. The van der Waals surface area contributed by atoms with E-state index < -0.39 is 0 Å². The Morgan fingerprint density at radius 2 is 1.38 bits per heavy atom. The van der Waals surface area contributed by atoms with Gasteiger partial charge in [-0.25, -0.2) is 0 Å². The van der Waals surface area contributed by atoms with E-state index in [1.165, 1.54) is 36.6 Å². The van der Waals surface area contributed by atoms with Crippen molar-refractivity contribution in [1.29, 1.82) is 0 Å². The molecule has 24 heavy (non-hydrogen) atoms. The van der Waals surface area contributed by atoms with Gasteiger partial charge in [-0.3, -0.25) is 0 Å². The van der Waals surface area contributed by atoms with Crippen LogP contribution in [0.1, 0.15) is 64.9 Å². The molecule has 0 saturated carbocycles. The van der Waals surface area contributed by atoms with Gasteiger partial charge in [0.15, 0.2) is 0 Å². The summed E-state index contributed by atoms with van der Waals surface area (Å²) in [5, 5.41) is 2.34. The summed E-state index contributed by atoms with van der Waals surface area (Å²) in [6.07, 6.45) is 8.06. The topological polar surface area (TPSA) is 18.5 Å². The Morgan fingerprint density at radius 3 is 2.00 bits per heavy atom. The summed E-state index contributed by atoms with van der Waals surface area (Å²) in [5.74, 6) is 2.05. The second kappa shape index (κ2) is 10.2. The first-order chi connectivity index (χ1) is 11.8. The summed E-state index contributed by atoms with van der Waals surface area (Å²) in [6, 6.07) is 10.6. The van der Waals surface area contributed by atoms with Gasteiger partial charge in [0.1, 0.15) is 11.5 Å². The molecule has 132 valence electrons. The standard InChI is InChI=1S/C22H32O2/c1-4-7-11-15-23-21-17-18(6-3)22(24-16-12-8-5-2)20-14-10-9-13-19(20)21/h9-10,13-14,17H,4-8,11-12,15-16H2,1-3H3. The predicted molar refractivity (Wildman–Crippen MR) is 103 cm³/mol. The molecule has 0 unspecified atom stereocenters.